The number of nitrogens with two attached hydrogens (primary N) is 1. The third-order valence-corrected chi connectivity index (χ3v) is 3.14. The third-order valence-electron chi connectivity index (χ3n) is 2.37. The van der Waals surface area contributed by atoms with Gasteiger partial charge in [0.05, 0.1) is 11.7 Å². The van der Waals surface area contributed by atoms with Gasteiger partial charge in [0, 0.05) is 12.6 Å². The van der Waals surface area contributed by atoms with Crippen molar-refractivity contribution in [3.05, 3.63) is 52.5 Å². The predicted octanol–water partition coefficient (Wildman–Crippen LogP) is 1.57. The highest BCUT2D eigenvalue weighted by Gasteiger charge is 2.10. The average Bonchev–Trinajstić information content (AvgIpc) is 2.90. The number of rotatable bonds is 4. The van der Waals surface area contributed by atoms with Crippen molar-refractivity contribution in [2.75, 3.05) is 6.54 Å². The molecule has 88 valence electrons. The van der Waals surface area contributed by atoms with Crippen LogP contribution in [0, 0.1) is 0 Å². The standard InChI is InChI=1S/C12H13N3OS/c13-10(9-4-2-1-3-5-9)6-15-12(16)11-7-14-8-17-11/h1-5,7-8,10H,6,13H2,(H,15,16). The molecule has 0 saturated carbocycles. The monoisotopic (exact) mass is 247 g/mol. The molecule has 0 bridgehead atoms. The van der Waals surface area contributed by atoms with Gasteiger partial charge in [0.25, 0.3) is 5.91 Å². The molecule has 0 aliphatic rings. The van der Waals surface area contributed by atoms with Gasteiger partial charge in [0.15, 0.2) is 0 Å². The van der Waals surface area contributed by atoms with Crippen LogP contribution in [0.2, 0.25) is 0 Å². The average molecular weight is 247 g/mol. The van der Waals surface area contributed by atoms with Crippen molar-refractivity contribution in [3.63, 3.8) is 0 Å². The van der Waals surface area contributed by atoms with Gasteiger partial charge in [-0.15, -0.1) is 11.3 Å². The Bertz CT molecular complexity index is 470. The van der Waals surface area contributed by atoms with Gasteiger partial charge in [0.1, 0.15) is 4.88 Å². The summed E-state index contributed by atoms with van der Waals surface area (Å²) in [7, 11) is 0. The Labute approximate surface area is 103 Å². The Kier molecular flexibility index (Phi) is 3.85. The second kappa shape index (κ2) is 5.56. The molecule has 0 saturated heterocycles. The van der Waals surface area contributed by atoms with Crippen molar-refractivity contribution in [3.8, 4) is 0 Å². The molecule has 1 atom stereocenters. The van der Waals surface area contributed by atoms with Gasteiger partial charge in [-0.1, -0.05) is 30.3 Å². The maximum Gasteiger partial charge on any atom is 0.263 e. The van der Waals surface area contributed by atoms with Crippen LogP contribution in [-0.4, -0.2) is 17.4 Å². The van der Waals surface area contributed by atoms with E-state index in [2.05, 4.69) is 10.3 Å². The Morgan fingerprint density at radius 3 is 2.82 bits per heavy atom. The van der Waals surface area contributed by atoms with Gasteiger partial charge < -0.3 is 11.1 Å². The first-order valence-electron chi connectivity index (χ1n) is 5.24. The Hall–Kier alpha value is -1.72. The Morgan fingerprint density at radius 1 is 1.41 bits per heavy atom. The SMILES string of the molecule is NC(CNC(=O)c1cncs1)c1ccccc1. The smallest absolute Gasteiger partial charge is 0.263 e. The predicted molar refractivity (Wildman–Crippen MR) is 67.8 cm³/mol. The molecule has 4 nitrogen and oxygen atoms in total. The van der Waals surface area contributed by atoms with E-state index in [-0.39, 0.29) is 11.9 Å². The van der Waals surface area contributed by atoms with Gasteiger partial charge in [-0.2, -0.15) is 0 Å². The van der Waals surface area contributed by atoms with Gasteiger partial charge in [0.2, 0.25) is 0 Å². The molecule has 0 aliphatic carbocycles. The van der Waals surface area contributed by atoms with Crippen LogP contribution in [0.15, 0.2) is 42.0 Å². The highest BCUT2D eigenvalue weighted by molar-refractivity contribution is 7.11. The highest BCUT2D eigenvalue weighted by Crippen LogP contribution is 2.09. The number of benzene rings is 1. The lowest BCUT2D eigenvalue weighted by Crippen LogP contribution is -2.31. The van der Waals surface area contributed by atoms with Crippen LogP contribution in [0.25, 0.3) is 0 Å². The Morgan fingerprint density at radius 2 is 2.18 bits per heavy atom. The fourth-order valence-corrected chi connectivity index (χ4v) is 1.97. The van der Waals surface area contributed by atoms with Crippen LogP contribution in [0.5, 0.6) is 0 Å². The molecular weight excluding hydrogens is 234 g/mol. The van der Waals surface area contributed by atoms with E-state index in [1.165, 1.54) is 11.3 Å². The van der Waals surface area contributed by atoms with Crippen LogP contribution in [0.3, 0.4) is 0 Å². The molecule has 1 aromatic carbocycles. The van der Waals surface area contributed by atoms with Crippen LogP contribution in [-0.2, 0) is 0 Å². The van der Waals surface area contributed by atoms with Crippen molar-refractivity contribution in [1.29, 1.82) is 0 Å². The number of amides is 1. The molecule has 1 amide bonds. The number of carbonyl (C=O) groups excluding carboxylic acids is 1. The number of nitrogens with zero attached hydrogens (tertiary/aromatic N) is 1. The lowest BCUT2D eigenvalue weighted by Gasteiger charge is -2.12. The van der Waals surface area contributed by atoms with Gasteiger partial charge in [-0.25, -0.2) is 0 Å². The molecule has 2 rings (SSSR count). The topological polar surface area (TPSA) is 68.0 Å². The molecule has 1 aromatic heterocycles. The molecule has 17 heavy (non-hydrogen) atoms. The maximum atomic E-state index is 11.6. The maximum absolute atomic E-state index is 11.6. The van der Waals surface area contributed by atoms with Crippen molar-refractivity contribution in [1.82, 2.24) is 10.3 Å². The van der Waals surface area contributed by atoms with Crippen molar-refractivity contribution in [2.45, 2.75) is 6.04 Å². The first kappa shape index (κ1) is 11.8. The van der Waals surface area contributed by atoms with Crippen LogP contribution >= 0.6 is 11.3 Å². The van der Waals surface area contributed by atoms with E-state index in [9.17, 15) is 4.79 Å². The number of aromatic nitrogens is 1. The fraction of sp³-hybridized carbons (Fsp3) is 0.167. The van der Waals surface area contributed by atoms with Gasteiger partial charge in [-0.3, -0.25) is 9.78 Å². The molecule has 1 unspecified atom stereocenters. The minimum atomic E-state index is -0.187. The molecule has 0 radical (unpaired) electrons. The summed E-state index contributed by atoms with van der Waals surface area (Å²) in [6.07, 6.45) is 1.55. The second-order valence-corrected chi connectivity index (χ2v) is 4.48. The number of hydrogen-bond donors (Lipinski definition) is 2. The van der Waals surface area contributed by atoms with Crippen molar-refractivity contribution >= 4 is 17.2 Å². The second-order valence-electron chi connectivity index (χ2n) is 3.59. The summed E-state index contributed by atoms with van der Waals surface area (Å²) in [6, 6.07) is 9.51. The van der Waals surface area contributed by atoms with E-state index in [0.29, 0.717) is 11.4 Å². The summed E-state index contributed by atoms with van der Waals surface area (Å²) >= 11 is 1.31. The van der Waals surface area contributed by atoms with Crippen LogP contribution < -0.4 is 11.1 Å². The number of thiazole rings is 1. The van der Waals surface area contributed by atoms with Crippen molar-refractivity contribution in [2.24, 2.45) is 5.73 Å². The number of carbonyl (C=O) groups is 1. The summed E-state index contributed by atoms with van der Waals surface area (Å²) in [5.74, 6) is -0.126. The fourth-order valence-electron chi connectivity index (χ4n) is 1.44. The van der Waals surface area contributed by atoms with Crippen LogP contribution in [0.4, 0.5) is 0 Å². The van der Waals surface area contributed by atoms with Crippen molar-refractivity contribution < 1.29 is 4.79 Å². The van der Waals surface area contributed by atoms with E-state index >= 15 is 0 Å². The molecule has 0 spiro atoms. The molecule has 5 heteroatoms. The summed E-state index contributed by atoms with van der Waals surface area (Å²) in [5, 5.41) is 2.79. The van der Waals surface area contributed by atoms with E-state index in [1.54, 1.807) is 11.7 Å². The molecule has 0 fully saturated rings. The zero-order valence-electron chi connectivity index (χ0n) is 9.17. The molecule has 2 aromatic rings. The van der Waals surface area contributed by atoms with E-state index < -0.39 is 0 Å². The number of nitrogens with one attached hydrogen (secondary N) is 1. The molecular formula is C12H13N3OS. The largest absolute Gasteiger partial charge is 0.349 e. The quantitative estimate of drug-likeness (QED) is 0.861. The summed E-state index contributed by atoms with van der Waals surface area (Å²) in [4.78, 5) is 16.1. The summed E-state index contributed by atoms with van der Waals surface area (Å²) < 4.78 is 0. The summed E-state index contributed by atoms with van der Waals surface area (Å²) in [5.41, 5.74) is 8.61. The normalized spacial score (nSPS) is 12.1. The zero-order valence-corrected chi connectivity index (χ0v) is 9.98. The molecule has 0 aliphatic heterocycles. The lowest BCUT2D eigenvalue weighted by molar-refractivity contribution is 0.0955. The summed E-state index contributed by atoms with van der Waals surface area (Å²) in [6.45, 7) is 0.417. The Balaban J connectivity index is 1.89. The van der Waals surface area contributed by atoms with Gasteiger partial charge in [-0.05, 0) is 5.56 Å². The zero-order chi connectivity index (χ0) is 12.1. The highest BCUT2D eigenvalue weighted by atomic mass is 32.1. The number of hydrogen-bond acceptors (Lipinski definition) is 4. The molecule has 1 heterocycles. The first-order valence-corrected chi connectivity index (χ1v) is 6.12. The lowest BCUT2D eigenvalue weighted by atomic mass is 10.1. The third kappa shape index (κ3) is 3.12. The van der Waals surface area contributed by atoms with Gasteiger partial charge >= 0.3 is 0 Å². The minimum Gasteiger partial charge on any atom is -0.349 e. The minimum absolute atomic E-state index is 0.126. The van der Waals surface area contributed by atoms with E-state index in [0.717, 1.165) is 5.56 Å². The van der Waals surface area contributed by atoms with E-state index in [1.807, 2.05) is 30.3 Å². The molecule has 3 N–H and O–H groups in total. The first-order chi connectivity index (χ1) is 8.27. The van der Waals surface area contributed by atoms with E-state index in [4.69, 9.17) is 5.73 Å². The van der Waals surface area contributed by atoms with Crippen LogP contribution in [0.1, 0.15) is 21.3 Å².